The lowest BCUT2D eigenvalue weighted by Crippen LogP contribution is -2.58. The molecule has 5 heteroatoms. The molecule has 0 N–H and O–H groups in total. The maximum atomic E-state index is 12.9. The zero-order chi connectivity index (χ0) is 16.3. The van der Waals surface area contributed by atoms with Gasteiger partial charge in [0, 0.05) is 45.2 Å². The lowest BCUT2D eigenvalue weighted by molar-refractivity contribution is -0.132. The van der Waals surface area contributed by atoms with E-state index in [0.717, 1.165) is 19.4 Å². The highest BCUT2D eigenvalue weighted by molar-refractivity contribution is 5.77. The van der Waals surface area contributed by atoms with Gasteiger partial charge < -0.3 is 14.7 Å². The number of piperidine rings is 1. The second-order valence-corrected chi connectivity index (χ2v) is 7.57. The van der Waals surface area contributed by atoms with Crippen LogP contribution in [0.15, 0.2) is 0 Å². The quantitative estimate of drug-likeness (QED) is 0.747. The van der Waals surface area contributed by atoms with E-state index in [2.05, 4.69) is 25.7 Å². The number of hydrogen-bond acceptors (Lipinski definition) is 2. The van der Waals surface area contributed by atoms with E-state index in [-0.39, 0.29) is 17.4 Å². The van der Waals surface area contributed by atoms with Crippen LogP contribution in [0.2, 0.25) is 0 Å². The largest absolute Gasteiger partial charge is 0.339 e. The van der Waals surface area contributed by atoms with Gasteiger partial charge in [-0.15, -0.1) is 0 Å². The molecular weight excluding hydrogens is 278 g/mol. The highest BCUT2D eigenvalue weighted by Gasteiger charge is 2.37. The van der Waals surface area contributed by atoms with E-state index in [1.807, 2.05) is 16.7 Å². The minimum atomic E-state index is 0.121. The molecule has 2 aliphatic rings. The van der Waals surface area contributed by atoms with Crippen molar-refractivity contribution in [1.29, 1.82) is 0 Å². The summed E-state index contributed by atoms with van der Waals surface area (Å²) in [5.74, 6) is 0.192. The van der Waals surface area contributed by atoms with E-state index < -0.39 is 0 Å². The molecule has 0 aliphatic carbocycles. The van der Waals surface area contributed by atoms with E-state index in [1.54, 1.807) is 0 Å². The predicted octanol–water partition coefficient (Wildman–Crippen LogP) is 2.56. The molecule has 2 rings (SSSR count). The van der Waals surface area contributed by atoms with Crippen LogP contribution in [-0.2, 0) is 4.79 Å². The van der Waals surface area contributed by atoms with Crippen LogP contribution in [0, 0.1) is 5.41 Å². The number of piperazine rings is 1. The van der Waals surface area contributed by atoms with Crippen LogP contribution in [0.4, 0.5) is 4.79 Å². The SMILES string of the molecule is CCC(=O)N1CCN(C(=O)N2CCCCC2C(C)(C)C)CC1. The number of carbonyl (C=O) groups excluding carboxylic acids is 2. The van der Waals surface area contributed by atoms with Gasteiger partial charge in [0.05, 0.1) is 0 Å². The van der Waals surface area contributed by atoms with Gasteiger partial charge in [-0.05, 0) is 24.7 Å². The Kier molecular flexibility index (Phi) is 5.35. The molecule has 5 nitrogen and oxygen atoms in total. The summed E-state index contributed by atoms with van der Waals surface area (Å²) in [5, 5.41) is 0. The number of hydrogen-bond donors (Lipinski definition) is 0. The maximum Gasteiger partial charge on any atom is 0.320 e. The molecule has 0 aromatic carbocycles. The van der Waals surface area contributed by atoms with Gasteiger partial charge in [-0.25, -0.2) is 4.79 Å². The Labute approximate surface area is 134 Å². The third-order valence-electron chi connectivity index (χ3n) is 4.95. The molecule has 1 unspecified atom stereocenters. The van der Waals surface area contributed by atoms with Crippen LogP contribution in [0.3, 0.4) is 0 Å². The van der Waals surface area contributed by atoms with E-state index in [0.29, 0.717) is 38.6 Å². The lowest BCUT2D eigenvalue weighted by atomic mass is 9.81. The summed E-state index contributed by atoms with van der Waals surface area (Å²) >= 11 is 0. The molecule has 0 saturated carbocycles. The summed E-state index contributed by atoms with van der Waals surface area (Å²) in [6.07, 6.45) is 3.97. The first-order valence-electron chi connectivity index (χ1n) is 8.68. The van der Waals surface area contributed by atoms with Crippen molar-refractivity contribution in [1.82, 2.24) is 14.7 Å². The second kappa shape index (κ2) is 6.88. The minimum absolute atomic E-state index is 0.121. The van der Waals surface area contributed by atoms with Crippen LogP contribution in [0.25, 0.3) is 0 Å². The molecule has 22 heavy (non-hydrogen) atoms. The molecule has 0 spiro atoms. The molecule has 2 saturated heterocycles. The Bertz CT molecular complexity index is 409. The summed E-state index contributed by atoms with van der Waals surface area (Å²) < 4.78 is 0. The van der Waals surface area contributed by atoms with Crippen LogP contribution in [0.1, 0.15) is 53.4 Å². The van der Waals surface area contributed by atoms with Crippen molar-refractivity contribution in [2.75, 3.05) is 32.7 Å². The topological polar surface area (TPSA) is 43.9 Å². The Morgan fingerprint density at radius 3 is 2.09 bits per heavy atom. The van der Waals surface area contributed by atoms with Crippen LogP contribution in [0.5, 0.6) is 0 Å². The fourth-order valence-electron chi connectivity index (χ4n) is 3.61. The zero-order valence-electron chi connectivity index (χ0n) is 14.6. The van der Waals surface area contributed by atoms with E-state index in [4.69, 9.17) is 0 Å². The molecule has 2 aliphatic heterocycles. The fourth-order valence-corrected chi connectivity index (χ4v) is 3.61. The number of urea groups is 1. The average molecular weight is 309 g/mol. The zero-order valence-corrected chi connectivity index (χ0v) is 14.6. The lowest BCUT2D eigenvalue weighted by Gasteiger charge is -2.46. The second-order valence-electron chi connectivity index (χ2n) is 7.57. The van der Waals surface area contributed by atoms with Gasteiger partial charge in [-0.3, -0.25) is 4.79 Å². The number of amides is 3. The van der Waals surface area contributed by atoms with Gasteiger partial charge in [0.15, 0.2) is 0 Å². The van der Waals surface area contributed by atoms with Crippen molar-refractivity contribution in [2.45, 2.75) is 59.4 Å². The summed E-state index contributed by atoms with van der Waals surface area (Å²) in [6, 6.07) is 0.493. The van der Waals surface area contributed by atoms with Crippen molar-refractivity contribution in [3.05, 3.63) is 0 Å². The monoisotopic (exact) mass is 309 g/mol. The van der Waals surface area contributed by atoms with Crippen molar-refractivity contribution in [3.8, 4) is 0 Å². The van der Waals surface area contributed by atoms with Gasteiger partial charge in [-0.1, -0.05) is 27.7 Å². The van der Waals surface area contributed by atoms with Gasteiger partial charge in [-0.2, -0.15) is 0 Å². The first-order valence-corrected chi connectivity index (χ1v) is 8.68. The first-order chi connectivity index (χ1) is 10.3. The Morgan fingerprint density at radius 1 is 0.955 bits per heavy atom. The fraction of sp³-hybridized carbons (Fsp3) is 0.882. The highest BCUT2D eigenvalue weighted by atomic mass is 16.2. The van der Waals surface area contributed by atoms with Crippen LogP contribution in [-0.4, -0.2) is 65.4 Å². The van der Waals surface area contributed by atoms with Gasteiger partial charge >= 0.3 is 6.03 Å². The summed E-state index contributed by atoms with van der Waals surface area (Å²) in [4.78, 5) is 30.5. The normalized spacial score (nSPS) is 23.6. The number of carbonyl (C=O) groups is 2. The minimum Gasteiger partial charge on any atom is -0.339 e. The molecular formula is C17H31N3O2. The van der Waals surface area contributed by atoms with Crippen molar-refractivity contribution in [3.63, 3.8) is 0 Å². The molecule has 0 aromatic heterocycles. The number of nitrogens with zero attached hydrogens (tertiary/aromatic N) is 3. The molecule has 0 radical (unpaired) electrons. The van der Waals surface area contributed by atoms with Gasteiger partial charge in [0.2, 0.25) is 5.91 Å². The molecule has 2 fully saturated rings. The summed E-state index contributed by atoms with van der Waals surface area (Å²) in [5.41, 5.74) is 0.121. The number of rotatable bonds is 1. The molecule has 126 valence electrons. The predicted molar refractivity (Wildman–Crippen MR) is 87.6 cm³/mol. The first kappa shape index (κ1) is 17.1. The maximum absolute atomic E-state index is 12.9. The standard InChI is InChI=1S/C17H31N3O2/c1-5-15(21)18-10-12-19(13-11-18)16(22)20-9-7-6-8-14(20)17(2,3)4/h14H,5-13H2,1-4H3. The highest BCUT2D eigenvalue weighted by Crippen LogP contribution is 2.32. The van der Waals surface area contributed by atoms with Gasteiger partial charge in [0.1, 0.15) is 0 Å². The van der Waals surface area contributed by atoms with E-state index >= 15 is 0 Å². The third-order valence-corrected chi connectivity index (χ3v) is 4.95. The molecule has 1 atom stereocenters. The Hall–Kier alpha value is -1.26. The van der Waals surface area contributed by atoms with Crippen LogP contribution < -0.4 is 0 Å². The summed E-state index contributed by atoms with van der Waals surface area (Å²) in [7, 11) is 0. The van der Waals surface area contributed by atoms with Gasteiger partial charge in [0.25, 0.3) is 0 Å². The molecule has 3 amide bonds. The van der Waals surface area contributed by atoms with Crippen molar-refractivity contribution < 1.29 is 9.59 Å². The smallest absolute Gasteiger partial charge is 0.320 e. The summed E-state index contributed by atoms with van der Waals surface area (Å²) in [6.45, 7) is 12.1. The van der Waals surface area contributed by atoms with Crippen molar-refractivity contribution in [2.24, 2.45) is 5.41 Å². The molecule has 2 heterocycles. The van der Waals surface area contributed by atoms with Crippen LogP contribution >= 0.6 is 0 Å². The Morgan fingerprint density at radius 2 is 1.55 bits per heavy atom. The Balaban J connectivity index is 1.97. The van der Waals surface area contributed by atoms with E-state index in [9.17, 15) is 9.59 Å². The molecule has 0 bridgehead atoms. The third kappa shape index (κ3) is 3.73. The van der Waals surface area contributed by atoms with Crippen molar-refractivity contribution >= 4 is 11.9 Å². The van der Waals surface area contributed by atoms with E-state index in [1.165, 1.54) is 6.42 Å². The molecule has 0 aromatic rings. The average Bonchev–Trinajstić information content (AvgIpc) is 2.52. The number of likely N-dealkylation sites (tertiary alicyclic amines) is 1.